The first-order valence-electron chi connectivity index (χ1n) is 16.1. The van der Waals surface area contributed by atoms with Crippen LogP contribution in [0.5, 0.6) is 5.75 Å². The number of halogens is 2. The molecule has 3 amide bonds. The maximum absolute atomic E-state index is 13.9. The molecule has 2 aromatic rings. The molecule has 3 aliphatic heterocycles. The molecule has 0 spiro atoms. The number of nitrogens with one attached hydrogen (secondary N) is 1. The number of urea groups is 1. The molecule has 0 aliphatic carbocycles. The highest BCUT2D eigenvalue weighted by atomic mass is 35.5. The lowest BCUT2D eigenvalue weighted by atomic mass is 9.91. The number of hydrogen-bond acceptors (Lipinski definition) is 6. The van der Waals surface area contributed by atoms with Crippen molar-refractivity contribution in [2.24, 2.45) is 0 Å². The maximum Gasteiger partial charge on any atom is 0.318 e. The van der Waals surface area contributed by atoms with E-state index in [1.54, 1.807) is 23.1 Å². The number of aliphatic hydroxyl groups excluding tert-OH is 1. The second-order valence-electron chi connectivity index (χ2n) is 12.3. The van der Waals surface area contributed by atoms with Gasteiger partial charge in [-0.1, -0.05) is 36.2 Å². The monoisotopic (exact) mass is 645 g/mol. The number of rotatable bonds is 10. The fourth-order valence-electron chi connectivity index (χ4n) is 6.69. The highest BCUT2D eigenvalue weighted by molar-refractivity contribution is 6.35. The average Bonchev–Trinajstić information content (AvgIpc) is 3.57. The minimum Gasteiger partial charge on any atom is -0.490 e. The summed E-state index contributed by atoms with van der Waals surface area (Å²) in [4.78, 5) is 37.8. The van der Waals surface area contributed by atoms with Gasteiger partial charge in [0, 0.05) is 60.8 Å². The van der Waals surface area contributed by atoms with Gasteiger partial charge in [0.1, 0.15) is 18.4 Å². The molecule has 4 heterocycles. The second-order valence-corrected chi connectivity index (χ2v) is 13.1. The van der Waals surface area contributed by atoms with Crippen LogP contribution in [0.2, 0.25) is 10.0 Å². The topological polar surface area (TPSA) is 98.2 Å². The summed E-state index contributed by atoms with van der Waals surface area (Å²) in [6.07, 6.45) is 7.96. The van der Waals surface area contributed by atoms with Gasteiger partial charge in [0.2, 0.25) is 5.91 Å². The normalized spacial score (nSPS) is 21.2. The Morgan fingerprint density at radius 1 is 1.05 bits per heavy atom. The van der Waals surface area contributed by atoms with Crippen LogP contribution >= 0.6 is 23.2 Å². The molecular weight excluding hydrogens is 601 g/mol. The van der Waals surface area contributed by atoms with E-state index in [0.29, 0.717) is 48.7 Å². The summed E-state index contributed by atoms with van der Waals surface area (Å²) in [5.74, 6) is 0.867. The summed E-state index contributed by atoms with van der Waals surface area (Å²) >= 11 is 12.6. The molecule has 0 bridgehead atoms. The third-order valence-corrected chi connectivity index (χ3v) is 9.86. The minimum absolute atomic E-state index is 0.144. The summed E-state index contributed by atoms with van der Waals surface area (Å²) in [7, 11) is 0. The fourth-order valence-corrected chi connectivity index (χ4v) is 7.17. The first-order chi connectivity index (χ1) is 21.3. The maximum atomic E-state index is 13.9. The molecule has 44 heavy (non-hydrogen) atoms. The number of amides is 3. The number of aromatic nitrogens is 1. The summed E-state index contributed by atoms with van der Waals surface area (Å²) in [5, 5.41) is 14.0. The predicted molar refractivity (Wildman–Crippen MR) is 172 cm³/mol. The van der Waals surface area contributed by atoms with Crippen molar-refractivity contribution in [3.63, 3.8) is 0 Å². The van der Waals surface area contributed by atoms with Crippen LogP contribution in [0.15, 0.2) is 36.5 Å². The van der Waals surface area contributed by atoms with Crippen molar-refractivity contribution in [2.45, 2.75) is 82.4 Å². The molecule has 5 rings (SSSR count). The summed E-state index contributed by atoms with van der Waals surface area (Å²) in [6.45, 7) is 7.04. The Kier molecular flexibility index (Phi) is 11.6. The van der Waals surface area contributed by atoms with Crippen LogP contribution in [0.1, 0.15) is 69.0 Å². The van der Waals surface area contributed by atoms with Crippen molar-refractivity contribution in [1.29, 1.82) is 0 Å². The number of benzene rings is 1. The summed E-state index contributed by atoms with van der Waals surface area (Å²) < 4.78 is 6.39. The number of ether oxygens (including phenoxy) is 1. The van der Waals surface area contributed by atoms with E-state index in [1.165, 1.54) is 12.8 Å². The Morgan fingerprint density at radius 3 is 2.52 bits per heavy atom. The lowest BCUT2D eigenvalue weighted by molar-refractivity contribution is -0.134. The van der Waals surface area contributed by atoms with Crippen LogP contribution in [0.3, 0.4) is 0 Å². The molecule has 3 fully saturated rings. The van der Waals surface area contributed by atoms with E-state index < -0.39 is 12.1 Å². The Hall–Kier alpha value is -2.59. The fraction of sp³-hybridized carbons (Fsp3) is 0.606. The second kappa shape index (κ2) is 15.6. The number of pyridine rings is 1. The van der Waals surface area contributed by atoms with Crippen LogP contribution in [0.4, 0.5) is 4.79 Å². The van der Waals surface area contributed by atoms with Crippen molar-refractivity contribution in [1.82, 2.24) is 25.0 Å². The standard InChI is InChI=1S/C33H45Cl2N5O4/c1-2-26(38-14-3-4-15-38)22-44-30-8-5-13-36-31(30)23-11-17-39(18-12-23)32(42)29(19-24-9-10-25(34)20-28(24)35)37-33(43)40-16-6-7-27(41)21-40/h5,8-10,13,20,23,26-27,29,41H,2-4,6-7,11-12,14-19,21-22H2,1H3,(H,37,43)/t26-,27+,29-/m1/s1. The first-order valence-corrected chi connectivity index (χ1v) is 16.9. The first kappa shape index (κ1) is 32.8. The predicted octanol–water partition coefficient (Wildman–Crippen LogP) is 5.13. The Bertz CT molecular complexity index is 1270. The van der Waals surface area contributed by atoms with E-state index >= 15 is 0 Å². The highest BCUT2D eigenvalue weighted by Crippen LogP contribution is 2.33. The molecule has 0 radical (unpaired) electrons. The zero-order valence-corrected chi connectivity index (χ0v) is 27.1. The van der Waals surface area contributed by atoms with E-state index in [4.69, 9.17) is 32.9 Å². The van der Waals surface area contributed by atoms with Gasteiger partial charge < -0.3 is 25.0 Å². The van der Waals surface area contributed by atoms with E-state index in [2.05, 4.69) is 17.1 Å². The van der Waals surface area contributed by atoms with Gasteiger partial charge >= 0.3 is 6.03 Å². The average molecular weight is 647 g/mol. The molecule has 0 saturated carbocycles. The molecule has 9 nitrogen and oxygen atoms in total. The summed E-state index contributed by atoms with van der Waals surface area (Å²) in [5.41, 5.74) is 1.69. The van der Waals surface area contributed by atoms with Crippen LogP contribution < -0.4 is 10.1 Å². The van der Waals surface area contributed by atoms with Gasteiger partial charge in [-0.15, -0.1) is 0 Å². The largest absolute Gasteiger partial charge is 0.490 e. The molecular formula is C33H45Cl2N5O4. The van der Waals surface area contributed by atoms with E-state index in [1.807, 2.05) is 23.2 Å². The van der Waals surface area contributed by atoms with Crippen LogP contribution in [0.25, 0.3) is 0 Å². The minimum atomic E-state index is -0.804. The Morgan fingerprint density at radius 2 is 1.82 bits per heavy atom. The number of aliphatic hydroxyl groups is 1. The zero-order chi connectivity index (χ0) is 31.1. The molecule has 11 heteroatoms. The van der Waals surface area contributed by atoms with Crippen LogP contribution in [-0.4, -0.2) is 101 Å². The van der Waals surface area contributed by atoms with Gasteiger partial charge in [-0.3, -0.25) is 14.7 Å². The molecule has 3 saturated heterocycles. The number of hydrogen-bond donors (Lipinski definition) is 2. The molecule has 1 aromatic carbocycles. The van der Waals surface area contributed by atoms with Gasteiger partial charge in [-0.25, -0.2) is 4.79 Å². The quantitative estimate of drug-likeness (QED) is 0.372. The number of carbonyl (C=O) groups excluding carboxylic acids is 2. The Balaban J connectivity index is 1.24. The van der Waals surface area contributed by atoms with Gasteiger partial charge in [0.25, 0.3) is 0 Å². The van der Waals surface area contributed by atoms with Crippen LogP contribution in [0, 0.1) is 0 Å². The van der Waals surface area contributed by atoms with Crippen molar-refractivity contribution in [3.05, 3.63) is 57.8 Å². The molecule has 2 N–H and O–H groups in total. The third kappa shape index (κ3) is 8.36. The van der Waals surface area contributed by atoms with Gasteiger partial charge in [0.15, 0.2) is 0 Å². The van der Waals surface area contributed by atoms with Gasteiger partial charge in [0.05, 0.1) is 11.8 Å². The van der Waals surface area contributed by atoms with Crippen molar-refractivity contribution < 1.29 is 19.4 Å². The number of likely N-dealkylation sites (tertiary alicyclic amines) is 3. The smallest absolute Gasteiger partial charge is 0.318 e. The molecule has 3 aliphatic rings. The van der Waals surface area contributed by atoms with E-state index in [0.717, 1.165) is 55.8 Å². The van der Waals surface area contributed by atoms with E-state index in [-0.39, 0.29) is 30.8 Å². The number of piperidine rings is 2. The Labute approximate surface area is 270 Å². The van der Waals surface area contributed by atoms with Crippen molar-refractivity contribution >= 4 is 35.1 Å². The highest BCUT2D eigenvalue weighted by Gasteiger charge is 2.33. The van der Waals surface area contributed by atoms with Gasteiger partial charge in [-0.05, 0) is 87.9 Å². The van der Waals surface area contributed by atoms with E-state index in [9.17, 15) is 14.7 Å². The van der Waals surface area contributed by atoms with Crippen molar-refractivity contribution in [2.75, 3.05) is 45.9 Å². The van der Waals surface area contributed by atoms with Crippen molar-refractivity contribution in [3.8, 4) is 5.75 Å². The molecule has 240 valence electrons. The lowest BCUT2D eigenvalue weighted by Crippen LogP contribution is -2.56. The zero-order valence-electron chi connectivity index (χ0n) is 25.6. The number of carbonyl (C=O) groups is 2. The molecule has 1 aromatic heterocycles. The van der Waals surface area contributed by atoms with Gasteiger partial charge in [-0.2, -0.15) is 0 Å². The number of β-amino-alcohol motifs (C(OH)–C–C–N with tert-alkyl or cyclic N) is 1. The molecule has 0 unspecified atom stereocenters. The molecule has 3 atom stereocenters. The SMILES string of the molecule is CC[C@H](COc1cccnc1C1CCN(C(=O)[C@@H](Cc2ccc(Cl)cc2Cl)NC(=O)N2CCC[C@H](O)C2)CC1)N1CCCC1. The summed E-state index contributed by atoms with van der Waals surface area (Å²) in [6, 6.07) is 8.36. The lowest BCUT2D eigenvalue weighted by Gasteiger charge is -2.36. The third-order valence-electron chi connectivity index (χ3n) is 9.27. The van der Waals surface area contributed by atoms with Crippen LogP contribution in [-0.2, 0) is 11.2 Å². The number of nitrogens with zero attached hydrogens (tertiary/aromatic N) is 4.